The van der Waals surface area contributed by atoms with Crippen LogP contribution < -0.4 is 5.32 Å². The van der Waals surface area contributed by atoms with E-state index in [1.165, 1.54) is 0 Å². The van der Waals surface area contributed by atoms with Gasteiger partial charge in [0.25, 0.3) is 5.91 Å². The second-order valence-electron chi connectivity index (χ2n) is 5.20. The highest BCUT2D eigenvalue weighted by atomic mass is 35.5. The van der Waals surface area contributed by atoms with Crippen LogP contribution in [0.2, 0.25) is 4.34 Å². The van der Waals surface area contributed by atoms with E-state index >= 15 is 0 Å². The summed E-state index contributed by atoms with van der Waals surface area (Å²) in [6.07, 6.45) is 2.48. The van der Waals surface area contributed by atoms with Gasteiger partial charge in [0.2, 0.25) is 0 Å². The Morgan fingerprint density at radius 2 is 2.36 bits per heavy atom. The van der Waals surface area contributed by atoms with Crippen LogP contribution in [0.25, 0.3) is 11.3 Å². The van der Waals surface area contributed by atoms with E-state index in [0.29, 0.717) is 15.7 Å². The van der Waals surface area contributed by atoms with Crippen LogP contribution in [0.1, 0.15) is 26.2 Å². The highest BCUT2D eigenvalue weighted by molar-refractivity contribution is 7.10. The lowest BCUT2D eigenvalue weighted by molar-refractivity contribution is -0.126. The number of ether oxygens (including phenoxy) is 1. The monoisotopic (exact) mass is 337 g/mol. The zero-order valence-corrected chi connectivity index (χ0v) is 13.7. The number of hydrogen-bond acceptors (Lipinski definition) is 5. The largest absolute Gasteiger partial charge is 0.365 e. The van der Waals surface area contributed by atoms with Gasteiger partial charge in [0.1, 0.15) is 16.1 Å². The van der Waals surface area contributed by atoms with Crippen LogP contribution in [0.3, 0.4) is 0 Å². The average Bonchev–Trinajstić information content (AvgIpc) is 3.16. The van der Waals surface area contributed by atoms with Crippen LogP contribution in [0.15, 0.2) is 24.3 Å². The summed E-state index contributed by atoms with van der Waals surface area (Å²) in [6.45, 7) is 2.07. The molecule has 1 fully saturated rings. The maximum atomic E-state index is 12.3. The molecule has 2 aromatic rings. The molecule has 5 nitrogen and oxygen atoms in total. The van der Waals surface area contributed by atoms with Crippen LogP contribution in [-0.4, -0.2) is 27.7 Å². The molecule has 1 aliphatic heterocycles. The van der Waals surface area contributed by atoms with Crippen molar-refractivity contribution in [3.63, 3.8) is 0 Å². The van der Waals surface area contributed by atoms with Crippen LogP contribution in [0.4, 0.5) is 5.69 Å². The van der Waals surface area contributed by atoms with Crippen molar-refractivity contribution in [3.05, 3.63) is 28.6 Å². The Hall–Kier alpha value is -1.50. The molecule has 1 N–H and O–H groups in total. The third-order valence-corrected chi connectivity index (χ3v) is 4.61. The molecule has 116 valence electrons. The summed E-state index contributed by atoms with van der Waals surface area (Å²) in [6, 6.07) is 7.41. The number of carbonyl (C=O) groups excluding carboxylic acids is 1. The van der Waals surface area contributed by atoms with Gasteiger partial charge >= 0.3 is 0 Å². The van der Waals surface area contributed by atoms with E-state index in [1.807, 2.05) is 24.3 Å². The predicted octanol–water partition coefficient (Wildman–Crippen LogP) is 3.75. The molecule has 1 aromatic heterocycles. The first-order chi connectivity index (χ1) is 10.7. The zero-order valence-electron chi connectivity index (χ0n) is 12.1. The lowest BCUT2D eigenvalue weighted by Crippen LogP contribution is -2.27. The average molecular weight is 338 g/mol. The first-order valence-corrected chi connectivity index (χ1v) is 8.37. The van der Waals surface area contributed by atoms with Gasteiger partial charge in [0, 0.05) is 22.8 Å². The molecule has 2 unspecified atom stereocenters. The molecule has 0 saturated carbocycles. The molecule has 3 rings (SSSR count). The van der Waals surface area contributed by atoms with Gasteiger partial charge in [-0.15, -0.1) is 5.10 Å². The summed E-state index contributed by atoms with van der Waals surface area (Å²) in [5, 5.41) is 6.90. The number of nitrogens with one attached hydrogen (secondary N) is 1. The van der Waals surface area contributed by atoms with Crippen molar-refractivity contribution in [2.75, 3.05) is 5.32 Å². The molecule has 0 aliphatic carbocycles. The Morgan fingerprint density at radius 1 is 1.50 bits per heavy atom. The minimum Gasteiger partial charge on any atom is -0.365 e. The Kier molecular flexibility index (Phi) is 4.71. The molecule has 22 heavy (non-hydrogen) atoms. The maximum absolute atomic E-state index is 12.3. The van der Waals surface area contributed by atoms with Crippen molar-refractivity contribution in [3.8, 4) is 11.3 Å². The SMILES string of the molecule is CCC1CCC(C(=O)Nc2cccc(-c3nnsc3Cl)c2)O1. The minimum atomic E-state index is -0.363. The molecular formula is C15H16ClN3O2S. The highest BCUT2D eigenvalue weighted by Crippen LogP contribution is 2.30. The first kappa shape index (κ1) is 15.4. The fraction of sp³-hybridized carbons (Fsp3) is 0.400. The molecule has 2 heterocycles. The van der Waals surface area contributed by atoms with E-state index in [1.54, 1.807) is 0 Å². The van der Waals surface area contributed by atoms with E-state index in [0.717, 1.165) is 36.4 Å². The Labute approximate surface area is 137 Å². The van der Waals surface area contributed by atoms with Gasteiger partial charge in [-0.3, -0.25) is 4.79 Å². The summed E-state index contributed by atoms with van der Waals surface area (Å²) in [4.78, 5) is 12.3. The van der Waals surface area contributed by atoms with Gasteiger partial charge in [-0.1, -0.05) is 35.1 Å². The fourth-order valence-electron chi connectivity index (χ4n) is 2.52. The van der Waals surface area contributed by atoms with Gasteiger partial charge in [-0.25, -0.2) is 0 Å². The van der Waals surface area contributed by atoms with Crippen LogP contribution in [0, 0.1) is 0 Å². The number of halogens is 1. The minimum absolute atomic E-state index is 0.101. The summed E-state index contributed by atoms with van der Waals surface area (Å²) < 4.78 is 10.1. The number of hydrogen-bond donors (Lipinski definition) is 1. The lowest BCUT2D eigenvalue weighted by atomic mass is 10.1. The molecule has 2 atom stereocenters. The number of amides is 1. The molecule has 0 radical (unpaired) electrons. The summed E-state index contributed by atoms with van der Waals surface area (Å²) in [5.74, 6) is -0.101. The van der Waals surface area contributed by atoms with E-state index < -0.39 is 0 Å². The molecule has 0 spiro atoms. The Bertz CT molecular complexity index is 676. The Balaban J connectivity index is 1.71. The Morgan fingerprint density at radius 3 is 3.05 bits per heavy atom. The second kappa shape index (κ2) is 6.73. The van der Waals surface area contributed by atoms with Crippen LogP contribution >= 0.6 is 23.1 Å². The number of nitrogens with zero attached hydrogens (tertiary/aromatic N) is 2. The molecule has 7 heteroatoms. The van der Waals surface area contributed by atoms with Crippen LogP contribution in [0.5, 0.6) is 0 Å². The second-order valence-corrected chi connectivity index (χ2v) is 6.55. The van der Waals surface area contributed by atoms with Gasteiger partial charge in [0.15, 0.2) is 0 Å². The van der Waals surface area contributed by atoms with E-state index in [-0.39, 0.29) is 18.1 Å². The van der Waals surface area contributed by atoms with E-state index in [4.69, 9.17) is 16.3 Å². The molecule has 1 saturated heterocycles. The molecular weight excluding hydrogens is 322 g/mol. The molecule has 1 amide bonds. The molecule has 1 aliphatic rings. The topological polar surface area (TPSA) is 64.1 Å². The van der Waals surface area contributed by atoms with Gasteiger partial charge in [0.05, 0.1) is 6.10 Å². The quantitative estimate of drug-likeness (QED) is 0.922. The van der Waals surface area contributed by atoms with Crippen molar-refractivity contribution >= 4 is 34.7 Å². The number of carbonyl (C=O) groups is 1. The normalized spacial score (nSPS) is 21.0. The van der Waals surface area contributed by atoms with Crippen molar-refractivity contribution in [2.45, 2.75) is 38.4 Å². The smallest absolute Gasteiger partial charge is 0.253 e. The van der Waals surface area contributed by atoms with Crippen molar-refractivity contribution < 1.29 is 9.53 Å². The third kappa shape index (κ3) is 3.29. The van der Waals surface area contributed by atoms with E-state index in [2.05, 4.69) is 21.8 Å². The van der Waals surface area contributed by atoms with Crippen molar-refractivity contribution in [1.82, 2.24) is 9.59 Å². The third-order valence-electron chi connectivity index (χ3n) is 3.71. The molecule has 1 aromatic carbocycles. The standard InChI is InChI=1S/C15H16ClN3O2S/c1-2-11-6-7-12(21-11)15(20)17-10-5-3-4-9(8-10)13-14(16)22-19-18-13/h3-5,8,11-12H,2,6-7H2,1H3,(H,17,20). The van der Waals surface area contributed by atoms with Gasteiger partial charge in [-0.05, 0) is 31.4 Å². The zero-order chi connectivity index (χ0) is 15.5. The van der Waals surface area contributed by atoms with Crippen LogP contribution in [-0.2, 0) is 9.53 Å². The van der Waals surface area contributed by atoms with E-state index in [9.17, 15) is 4.79 Å². The van der Waals surface area contributed by atoms with Gasteiger partial charge < -0.3 is 10.1 Å². The number of anilines is 1. The molecule has 0 bridgehead atoms. The van der Waals surface area contributed by atoms with Gasteiger partial charge in [-0.2, -0.15) is 0 Å². The highest BCUT2D eigenvalue weighted by Gasteiger charge is 2.29. The lowest BCUT2D eigenvalue weighted by Gasteiger charge is -2.13. The number of benzene rings is 1. The summed E-state index contributed by atoms with van der Waals surface area (Å²) in [7, 11) is 0. The number of rotatable bonds is 4. The fourth-order valence-corrected chi connectivity index (χ4v) is 3.20. The van der Waals surface area contributed by atoms with Crippen molar-refractivity contribution in [2.24, 2.45) is 0 Å². The first-order valence-electron chi connectivity index (χ1n) is 7.22. The number of aromatic nitrogens is 2. The summed E-state index contributed by atoms with van der Waals surface area (Å²) in [5.41, 5.74) is 2.16. The predicted molar refractivity (Wildman–Crippen MR) is 87.2 cm³/mol. The van der Waals surface area contributed by atoms with Crippen molar-refractivity contribution in [1.29, 1.82) is 0 Å². The maximum Gasteiger partial charge on any atom is 0.253 e. The summed E-state index contributed by atoms with van der Waals surface area (Å²) >= 11 is 7.19.